The van der Waals surface area contributed by atoms with Gasteiger partial charge in [-0.25, -0.2) is 0 Å². The number of H-pyrrole nitrogens is 1. The average molecular weight is 230 g/mol. The maximum absolute atomic E-state index is 5.85. The fraction of sp³-hybridized carbons (Fsp3) is 0.429. The Morgan fingerprint density at radius 2 is 2.24 bits per heavy atom. The molecule has 2 heterocycles. The Morgan fingerprint density at radius 1 is 1.29 bits per heavy atom. The van der Waals surface area contributed by atoms with Gasteiger partial charge in [0.25, 0.3) is 0 Å². The van der Waals surface area contributed by atoms with Gasteiger partial charge in [-0.3, -0.25) is 0 Å². The Labute approximate surface area is 101 Å². The summed E-state index contributed by atoms with van der Waals surface area (Å²) in [4.78, 5) is 3.30. The summed E-state index contributed by atoms with van der Waals surface area (Å²) in [5.74, 6) is 0. The fourth-order valence-electron chi connectivity index (χ4n) is 2.44. The molecule has 0 radical (unpaired) electrons. The summed E-state index contributed by atoms with van der Waals surface area (Å²) in [7, 11) is 0. The minimum Gasteiger partial charge on any atom is -0.377 e. The van der Waals surface area contributed by atoms with Crippen LogP contribution >= 0.6 is 0 Å². The van der Waals surface area contributed by atoms with Crippen LogP contribution in [0.1, 0.15) is 12.0 Å². The van der Waals surface area contributed by atoms with Gasteiger partial charge in [0.1, 0.15) is 0 Å². The largest absolute Gasteiger partial charge is 0.377 e. The van der Waals surface area contributed by atoms with Crippen LogP contribution in [0.25, 0.3) is 10.9 Å². The zero-order chi connectivity index (χ0) is 11.5. The molecule has 3 nitrogen and oxygen atoms in total. The highest BCUT2D eigenvalue weighted by atomic mass is 16.5. The third-order valence-electron chi connectivity index (χ3n) is 3.41. The third kappa shape index (κ3) is 2.35. The Kier molecular flexibility index (Phi) is 3.12. The molecule has 0 saturated carbocycles. The number of ether oxygens (including phenoxy) is 1. The van der Waals surface area contributed by atoms with Crippen molar-refractivity contribution in [2.24, 2.45) is 0 Å². The molecule has 1 aliphatic rings. The number of aromatic amines is 1. The van der Waals surface area contributed by atoms with Crippen LogP contribution in [0.5, 0.6) is 0 Å². The van der Waals surface area contributed by atoms with E-state index in [0.717, 1.165) is 32.5 Å². The van der Waals surface area contributed by atoms with Crippen LogP contribution in [0.2, 0.25) is 0 Å². The van der Waals surface area contributed by atoms with Crippen molar-refractivity contribution in [3.8, 4) is 0 Å². The summed E-state index contributed by atoms with van der Waals surface area (Å²) in [6, 6.07) is 8.42. The maximum Gasteiger partial charge on any atom is 0.0711 e. The average Bonchev–Trinajstić information content (AvgIpc) is 2.99. The second-order valence-corrected chi connectivity index (χ2v) is 4.60. The quantitative estimate of drug-likeness (QED) is 0.844. The van der Waals surface area contributed by atoms with Gasteiger partial charge in [0.05, 0.1) is 12.7 Å². The van der Waals surface area contributed by atoms with Gasteiger partial charge >= 0.3 is 0 Å². The molecule has 0 amide bonds. The van der Waals surface area contributed by atoms with E-state index in [1.165, 1.54) is 16.5 Å². The molecule has 1 fully saturated rings. The minimum absolute atomic E-state index is 0.417. The van der Waals surface area contributed by atoms with E-state index >= 15 is 0 Å². The van der Waals surface area contributed by atoms with Crippen LogP contribution in [0, 0.1) is 0 Å². The zero-order valence-electron chi connectivity index (χ0n) is 9.91. The summed E-state index contributed by atoms with van der Waals surface area (Å²) < 4.78 is 5.85. The summed E-state index contributed by atoms with van der Waals surface area (Å²) >= 11 is 0. The molecule has 2 N–H and O–H groups in total. The molecule has 1 aromatic carbocycles. The topological polar surface area (TPSA) is 37.0 Å². The van der Waals surface area contributed by atoms with E-state index < -0.39 is 0 Å². The van der Waals surface area contributed by atoms with E-state index in [9.17, 15) is 0 Å². The summed E-state index contributed by atoms with van der Waals surface area (Å²) in [6.07, 6.45) is 4.65. The van der Waals surface area contributed by atoms with Crippen molar-refractivity contribution in [1.29, 1.82) is 0 Å². The van der Waals surface area contributed by atoms with E-state index in [1.54, 1.807) is 0 Å². The molecule has 1 atom stereocenters. The predicted molar refractivity (Wildman–Crippen MR) is 69.2 cm³/mol. The lowest BCUT2D eigenvalue weighted by atomic mass is 10.1. The van der Waals surface area contributed by atoms with Crippen LogP contribution in [-0.2, 0) is 11.2 Å². The lowest BCUT2D eigenvalue weighted by Crippen LogP contribution is -2.17. The molecule has 0 spiro atoms. The Hall–Kier alpha value is -1.32. The van der Waals surface area contributed by atoms with E-state index in [4.69, 9.17) is 4.74 Å². The molecule has 0 bridgehead atoms. The minimum atomic E-state index is 0.417. The molecule has 1 aliphatic heterocycles. The zero-order valence-corrected chi connectivity index (χ0v) is 9.91. The van der Waals surface area contributed by atoms with Gasteiger partial charge < -0.3 is 15.0 Å². The summed E-state index contributed by atoms with van der Waals surface area (Å²) in [6.45, 7) is 2.92. The number of aromatic nitrogens is 1. The lowest BCUT2D eigenvalue weighted by molar-refractivity contribution is 0.0696. The Bertz CT molecular complexity index is 486. The maximum atomic E-state index is 5.85. The van der Waals surface area contributed by atoms with Crippen molar-refractivity contribution in [3.05, 3.63) is 36.0 Å². The molecule has 1 saturated heterocycles. The lowest BCUT2D eigenvalue weighted by Gasteiger charge is -2.09. The first-order chi connectivity index (χ1) is 8.43. The molecular weight excluding hydrogens is 212 g/mol. The molecule has 90 valence electrons. The number of benzene rings is 1. The van der Waals surface area contributed by atoms with Gasteiger partial charge in [0.15, 0.2) is 0 Å². The van der Waals surface area contributed by atoms with E-state index in [-0.39, 0.29) is 0 Å². The fourth-order valence-corrected chi connectivity index (χ4v) is 2.44. The molecular formula is C14H18N2O. The molecule has 1 unspecified atom stereocenters. The standard InChI is InChI=1S/C14H18N2O/c1-2-4-14-13(3-1)11(9-16-14)6-8-17-12-5-7-15-10-12/h1-4,9,12,15-16H,5-8,10H2. The molecule has 3 heteroatoms. The summed E-state index contributed by atoms with van der Waals surface area (Å²) in [5, 5.41) is 4.63. The number of para-hydroxylation sites is 1. The van der Waals surface area contributed by atoms with Crippen molar-refractivity contribution in [1.82, 2.24) is 10.3 Å². The Morgan fingerprint density at radius 3 is 3.12 bits per heavy atom. The van der Waals surface area contributed by atoms with E-state index in [1.807, 2.05) is 0 Å². The number of rotatable bonds is 4. The van der Waals surface area contributed by atoms with Crippen molar-refractivity contribution in [2.45, 2.75) is 18.9 Å². The van der Waals surface area contributed by atoms with Crippen LogP contribution in [0.4, 0.5) is 0 Å². The third-order valence-corrected chi connectivity index (χ3v) is 3.41. The van der Waals surface area contributed by atoms with Crippen LogP contribution in [-0.4, -0.2) is 30.8 Å². The van der Waals surface area contributed by atoms with Crippen molar-refractivity contribution in [3.63, 3.8) is 0 Å². The number of hydrogen-bond acceptors (Lipinski definition) is 2. The van der Waals surface area contributed by atoms with Gasteiger partial charge in [0, 0.05) is 23.6 Å². The SMILES string of the molecule is c1ccc2c(CCOC3CCNC3)c[nH]c2c1. The predicted octanol–water partition coefficient (Wildman–Crippen LogP) is 2.09. The van der Waals surface area contributed by atoms with E-state index in [0.29, 0.717) is 6.10 Å². The van der Waals surface area contributed by atoms with Crippen molar-refractivity contribution < 1.29 is 4.74 Å². The number of hydrogen-bond donors (Lipinski definition) is 2. The van der Waals surface area contributed by atoms with Crippen molar-refractivity contribution >= 4 is 10.9 Å². The molecule has 0 aliphatic carbocycles. The van der Waals surface area contributed by atoms with Crippen molar-refractivity contribution in [2.75, 3.05) is 19.7 Å². The number of fused-ring (bicyclic) bond motifs is 1. The molecule has 2 aromatic rings. The van der Waals surface area contributed by atoms with Gasteiger partial charge in [0.2, 0.25) is 0 Å². The van der Waals surface area contributed by atoms with E-state index in [2.05, 4.69) is 40.8 Å². The highest BCUT2D eigenvalue weighted by Gasteiger charge is 2.14. The first-order valence-electron chi connectivity index (χ1n) is 6.31. The smallest absolute Gasteiger partial charge is 0.0711 e. The highest BCUT2D eigenvalue weighted by molar-refractivity contribution is 5.82. The van der Waals surface area contributed by atoms with Crippen LogP contribution in [0.15, 0.2) is 30.5 Å². The molecule has 1 aromatic heterocycles. The van der Waals surface area contributed by atoms with Crippen LogP contribution < -0.4 is 5.32 Å². The van der Waals surface area contributed by atoms with Gasteiger partial charge in [-0.2, -0.15) is 0 Å². The summed E-state index contributed by atoms with van der Waals surface area (Å²) in [5.41, 5.74) is 2.57. The monoisotopic (exact) mass is 230 g/mol. The molecule has 17 heavy (non-hydrogen) atoms. The highest BCUT2D eigenvalue weighted by Crippen LogP contribution is 2.18. The van der Waals surface area contributed by atoms with Gasteiger partial charge in [-0.1, -0.05) is 18.2 Å². The van der Waals surface area contributed by atoms with Gasteiger partial charge in [-0.15, -0.1) is 0 Å². The number of nitrogens with one attached hydrogen (secondary N) is 2. The normalized spacial score (nSPS) is 20.1. The first-order valence-corrected chi connectivity index (χ1v) is 6.31. The second-order valence-electron chi connectivity index (χ2n) is 4.60. The van der Waals surface area contributed by atoms with Crippen LogP contribution in [0.3, 0.4) is 0 Å². The van der Waals surface area contributed by atoms with Gasteiger partial charge in [-0.05, 0) is 31.0 Å². The molecule has 3 rings (SSSR count). The Balaban J connectivity index is 1.60. The second kappa shape index (κ2) is 4.90. The first kappa shape index (κ1) is 10.8.